The summed E-state index contributed by atoms with van der Waals surface area (Å²) >= 11 is 0. The van der Waals surface area contributed by atoms with Gasteiger partial charge < -0.3 is 9.84 Å². The van der Waals surface area contributed by atoms with Crippen LogP contribution in [-0.4, -0.2) is 47.8 Å². The predicted molar refractivity (Wildman–Crippen MR) is 62.1 cm³/mol. The molecule has 0 aromatic rings. The second-order valence-electron chi connectivity index (χ2n) is 4.54. The van der Waals surface area contributed by atoms with E-state index in [1.807, 2.05) is 20.8 Å². The van der Waals surface area contributed by atoms with Crippen molar-refractivity contribution in [3.8, 4) is 0 Å². The summed E-state index contributed by atoms with van der Waals surface area (Å²) in [7, 11) is 0. The molecule has 1 N–H and O–H groups in total. The summed E-state index contributed by atoms with van der Waals surface area (Å²) in [6, 6.07) is 0.170. The number of hydrogen-bond acceptors (Lipinski definition) is 4. The molecule has 1 saturated heterocycles. The van der Waals surface area contributed by atoms with Gasteiger partial charge in [-0.2, -0.15) is 0 Å². The fourth-order valence-electron chi connectivity index (χ4n) is 2.11. The van der Waals surface area contributed by atoms with E-state index in [0.717, 1.165) is 25.9 Å². The van der Waals surface area contributed by atoms with Gasteiger partial charge in [0, 0.05) is 6.04 Å². The zero-order valence-corrected chi connectivity index (χ0v) is 10.5. The predicted octanol–water partition coefficient (Wildman–Crippen LogP) is 1.03. The Kier molecular flexibility index (Phi) is 5.22. The highest BCUT2D eigenvalue weighted by Crippen LogP contribution is 2.21. The number of piperidine rings is 1. The fourth-order valence-corrected chi connectivity index (χ4v) is 2.11. The zero-order valence-electron chi connectivity index (χ0n) is 10.5. The van der Waals surface area contributed by atoms with Gasteiger partial charge in [0.2, 0.25) is 0 Å². The molecule has 4 nitrogen and oxygen atoms in total. The third-order valence-electron chi connectivity index (χ3n) is 3.42. The molecule has 1 aliphatic heterocycles. The van der Waals surface area contributed by atoms with E-state index in [0.29, 0.717) is 6.61 Å². The second kappa shape index (κ2) is 6.21. The van der Waals surface area contributed by atoms with Gasteiger partial charge in [0.05, 0.1) is 18.6 Å². The highest BCUT2D eigenvalue weighted by molar-refractivity contribution is 5.72. The highest BCUT2D eigenvalue weighted by Gasteiger charge is 2.29. The zero-order chi connectivity index (χ0) is 12.1. The topological polar surface area (TPSA) is 49.8 Å². The number of nitrogens with zero attached hydrogens (tertiary/aromatic N) is 1. The molecule has 0 bridgehead atoms. The van der Waals surface area contributed by atoms with Gasteiger partial charge in [-0.1, -0.05) is 0 Å². The number of likely N-dealkylation sites (tertiary alicyclic amines) is 1. The number of rotatable bonds is 4. The van der Waals surface area contributed by atoms with Crippen LogP contribution in [0.4, 0.5) is 0 Å². The van der Waals surface area contributed by atoms with Gasteiger partial charge >= 0.3 is 5.97 Å². The van der Waals surface area contributed by atoms with Crippen LogP contribution in [0.15, 0.2) is 0 Å². The molecule has 0 amide bonds. The maximum atomic E-state index is 11.5. The number of esters is 1. The summed E-state index contributed by atoms with van der Waals surface area (Å²) in [5.74, 6) is -0.00995. The van der Waals surface area contributed by atoms with Crippen LogP contribution in [0.3, 0.4) is 0 Å². The lowest BCUT2D eigenvalue weighted by molar-refractivity contribution is -0.150. The summed E-state index contributed by atoms with van der Waals surface area (Å²) in [6.45, 7) is 7.87. The highest BCUT2D eigenvalue weighted by atomic mass is 16.5. The monoisotopic (exact) mass is 229 g/mol. The molecule has 1 heterocycles. The van der Waals surface area contributed by atoms with E-state index in [1.165, 1.54) is 0 Å². The molecule has 1 aliphatic rings. The van der Waals surface area contributed by atoms with E-state index >= 15 is 0 Å². The summed E-state index contributed by atoms with van der Waals surface area (Å²) in [5.41, 5.74) is 0. The van der Waals surface area contributed by atoms with Crippen LogP contribution in [0, 0.1) is 5.92 Å². The number of carbonyl (C=O) groups is 1. The molecule has 1 fully saturated rings. The minimum atomic E-state index is -0.320. The standard InChI is InChI=1S/C12H23NO3/c1-4-16-12(15)11-5-7-13(8-6-11)9(2)10(3)14/h9-11,14H,4-8H2,1-3H3. The normalized spacial score (nSPS) is 22.8. The van der Waals surface area contributed by atoms with Crippen LogP contribution in [0.1, 0.15) is 33.6 Å². The minimum absolute atomic E-state index is 0.0531. The second-order valence-corrected chi connectivity index (χ2v) is 4.54. The molecule has 0 saturated carbocycles. The van der Waals surface area contributed by atoms with Gasteiger partial charge in [0.15, 0.2) is 0 Å². The van der Waals surface area contributed by atoms with E-state index in [4.69, 9.17) is 4.74 Å². The quantitative estimate of drug-likeness (QED) is 0.732. The van der Waals surface area contributed by atoms with E-state index in [2.05, 4.69) is 4.90 Å². The number of carbonyl (C=O) groups excluding carboxylic acids is 1. The molecule has 0 aromatic heterocycles. The number of aliphatic hydroxyl groups is 1. The Balaban J connectivity index is 2.36. The molecule has 0 aliphatic carbocycles. The molecule has 1 rings (SSSR count). The van der Waals surface area contributed by atoms with Crippen LogP contribution in [0.25, 0.3) is 0 Å². The van der Waals surface area contributed by atoms with Crippen LogP contribution in [-0.2, 0) is 9.53 Å². The Hall–Kier alpha value is -0.610. The number of ether oxygens (including phenoxy) is 1. The Labute approximate surface area is 97.6 Å². The molecule has 0 spiro atoms. The Bertz CT molecular complexity index is 222. The maximum Gasteiger partial charge on any atom is 0.309 e. The lowest BCUT2D eigenvalue weighted by Gasteiger charge is -2.36. The van der Waals surface area contributed by atoms with Gasteiger partial charge in [-0.15, -0.1) is 0 Å². The first kappa shape index (κ1) is 13.5. The van der Waals surface area contributed by atoms with E-state index in [-0.39, 0.29) is 24.0 Å². The van der Waals surface area contributed by atoms with Crippen LogP contribution >= 0.6 is 0 Å². The van der Waals surface area contributed by atoms with E-state index < -0.39 is 0 Å². The Morgan fingerprint density at radius 1 is 1.44 bits per heavy atom. The number of aliphatic hydroxyl groups excluding tert-OH is 1. The summed E-state index contributed by atoms with van der Waals surface area (Å²) in [6.07, 6.45) is 1.37. The molecule has 0 aromatic carbocycles. The summed E-state index contributed by atoms with van der Waals surface area (Å²) in [4.78, 5) is 13.8. The van der Waals surface area contributed by atoms with Crippen molar-refractivity contribution in [3.05, 3.63) is 0 Å². The van der Waals surface area contributed by atoms with Crippen molar-refractivity contribution in [1.29, 1.82) is 0 Å². The largest absolute Gasteiger partial charge is 0.466 e. The van der Waals surface area contributed by atoms with E-state index in [9.17, 15) is 9.90 Å². The third-order valence-corrected chi connectivity index (χ3v) is 3.42. The number of hydrogen-bond donors (Lipinski definition) is 1. The van der Waals surface area contributed by atoms with Crippen molar-refractivity contribution in [2.45, 2.75) is 45.8 Å². The SMILES string of the molecule is CCOC(=O)C1CCN(C(C)C(C)O)CC1. The summed E-state index contributed by atoms with van der Waals surface area (Å²) in [5, 5.41) is 9.50. The fraction of sp³-hybridized carbons (Fsp3) is 0.917. The molecule has 16 heavy (non-hydrogen) atoms. The van der Waals surface area contributed by atoms with Gasteiger partial charge in [0.1, 0.15) is 0 Å². The summed E-state index contributed by atoms with van der Waals surface area (Å²) < 4.78 is 5.02. The molecule has 2 unspecified atom stereocenters. The Morgan fingerprint density at radius 3 is 2.44 bits per heavy atom. The smallest absolute Gasteiger partial charge is 0.309 e. The Morgan fingerprint density at radius 2 is 2.00 bits per heavy atom. The average molecular weight is 229 g/mol. The van der Waals surface area contributed by atoms with Crippen molar-refractivity contribution in [2.75, 3.05) is 19.7 Å². The lowest BCUT2D eigenvalue weighted by Crippen LogP contribution is -2.46. The van der Waals surface area contributed by atoms with Gasteiger partial charge in [-0.3, -0.25) is 9.69 Å². The van der Waals surface area contributed by atoms with Crippen LogP contribution in [0.2, 0.25) is 0 Å². The minimum Gasteiger partial charge on any atom is -0.466 e. The van der Waals surface area contributed by atoms with E-state index in [1.54, 1.807) is 0 Å². The van der Waals surface area contributed by atoms with Crippen molar-refractivity contribution in [3.63, 3.8) is 0 Å². The maximum absolute atomic E-state index is 11.5. The first-order chi connectivity index (χ1) is 7.56. The molecular weight excluding hydrogens is 206 g/mol. The van der Waals surface area contributed by atoms with Crippen molar-refractivity contribution in [2.24, 2.45) is 5.92 Å². The lowest BCUT2D eigenvalue weighted by atomic mass is 9.95. The van der Waals surface area contributed by atoms with Crippen molar-refractivity contribution < 1.29 is 14.6 Å². The molecule has 94 valence electrons. The van der Waals surface area contributed by atoms with Gasteiger partial charge in [0.25, 0.3) is 0 Å². The third kappa shape index (κ3) is 3.46. The van der Waals surface area contributed by atoms with Crippen LogP contribution < -0.4 is 0 Å². The van der Waals surface area contributed by atoms with Crippen LogP contribution in [0.5, 0.6) is 0 Å². The first-order valence-corrected chi connectivity index (χ1v) is 6.15. The van der Waals surface area contributed by atoms with Crippen molar-refractivity contribution >= 4 is 5.97 Å². The average Bonchev–Trinajstić information content (AvgIpc) is 2.28. The molecule has 0 radical (unpaired) electrons. The molecule has 4 heteroatoms. The van der Waals surface area contributed by atoms with Crippen molar-refractivity contribution in [1.82, 2.24) is 4.90 Å². The first-order valence-electron chi connectivity index (χ1n) is 6.15. The molecule has 2 atom stereocenters. The molecular formula is C12H23NO3. The van der Waals surface area contributed by atoms with Gasteiger partial charge in [-0.25, -0.2) is 0 Å². The van der Waals surface area contributed by atoms with Gasteiger partial charge in [-0.05, 0) is 46.7 Å².